The molecule has 2 fully saturated rings. The number of aromatic nitrogens is 2. The highest BCUT2D eigenvalue weighted by Gasteiger charge is 2.43. The molecule has 6 heterocycles. The lowest BCUT2D eigenvalue weighted by atomic mass is 9.86. The van der Waals surface area contributed by atoms with Gasteiger partial charge < -0.3 is 9.47 Å². The SMILES string of the molecule is C=Cc1cc(-c2cc3cc(CN4CCCCC4)ccc3n2C(=O)OC(C)(C)C)c2c(c1Cl)CNC2C(=O)C1NCc2c(Cl)c(C=C)cc(-c3cc4cc(CN5CCCCC5)ccc4n3C(=O)OC(C)(C)C)c21. The summed E-state index contributed by atoms with van der Waals surface area (Å²) in [6, 6.07) is 18.7. The molecule has 10 rings (SSSR count). The quantitative estimate of drug-likeness (QED) is 0.139. The highest BCUT2D eigenvalue weighted by atomic mass is 35.5. The van der Waals surface area contributed by atoms with Gasteiger partial charge in [-0.25, -0.2) is 18.7 Å². The lowest BCUT2D eigenvalue weighted by molar-refractivity contribution is -0.123. The highest BCUT2D eigenvalue weighted by molar-refractivity contribution is 6.34. The Balaban J connectivity index is 1.11. The smallest absolute Gasteiger partial charge is 0.419 e. The van der Waals surface area contributed by atoms with Gasteiger partial charge in [0.15, 0.2) is 5.78 Å². The molecule has 13 heteroatoms. The molecule has 4 aliphatic rings. The molecule has 6 aromatic rings. The zero-order chi connectivity index (χ0) is 50.8. The Morgan fingerprint density at radius 2 is 0.986 bits per heavy atom. The molecule has 0 radical (unpaired) electrons. The fourth-order valence-electron chi connectivity index (χ4n) is 11.4. The van der Waals surface area contributed by atoms with Crippen molar-refractivity contribution in [1.29, 1.82) is 0 Å². The first kappa shape index (κ1) is 50.0. The molecule has 0 saturated carbocycles. The van der Waals surface area contributed by atoms with Gasteiger partial charge in [-0.3, -0.25) is 25.2 Å². The van der Waals surface area contributed by atoms with Crippen molar-refractivity contribution in [1.82, 2.24) is 29.6 Å². The normalized spacial score (nSPS) is 18.6. The summed E-state index contributed by atoms with van der Waals surface area (Å²) >= 11 is 14.5. The second-order valence-electron chi connectivity index (χ2n) is 22.0. The van der Waals surface area contributed by atoms with Gasteiger partial charge in [0, 0.05) is 48.1 Å². The maximum atomic E-state index is 15.8. The Labute approximate surface area is 433 Å². The summed E-state index contributed by atoms with van der Waals surface area (Å²) in [6.07, 6.45) is 9.60. The molecule has 0 amide bonds. The largest absolute Gasteiger partial charge is 0.443 e. The third kappa shape index (κ3) is 9.60. The predicted molar refractivity (Wildman–Crippen MR) is 291 cm³/mol. The molecule has 2 atom stereocenters. The van der Waals surface area contributed by atoms with Gasteiger partial charge in [0.2, 0.25) is 0 Å². The van der Waals surface area contributed by atoms with E-state index in [1.54, 1.807) is 21.3 Å². The van der Waals surface area contributed by atoms with Crippen LogP contribution in [-0.4, -0.2) is 74.3 Å². The minimum atomic E-state index is -0.880. The predicted octanol–water partition coefficient (Wildman–Crippen LogP) is 13.6. The van der Waals surface area contributed by atoms with Gasteiger partial charge in [-0.15, -0.1) is 0 Å². The Morgan fingerprint density at radius 1 is 0.597 bits per heavy atom. The highest BCUT2D eigenvalue weighted by Crippen LogP contribution is 2.48. The summed E-state index contributed by atoms with van der Waals surface area (Å²) < 4.78 is 15.5. The van der Waals surface area contributed by atoms with Gasteiger partial charge >= 0.3 is 12.2 Å². The molecule has 72 heavy (non-hydrogen) atoms. The van der Waals surface area contributed by atoms with Crippen molar-refractivity contribution >= 4 is 75.1 Å². The minimum absolute atomic E-state index is 0.174. The second kappa shape index (κ2) is 19.7. The van der Waals surface area contributed by atoms with Crippen LogP contribution in [0.2, 0.25) is 10.0 Å². The first-order valence-electron chi connectivity index (χ1n) is 25.6. The third-order valence-electron chi connectivity index (χ3n) is 14.6. The number of hydrogen-bond acceptors (Lipinski definition) is 9. The van der Waals surface area contributed by atoms with Crippen molar-refractivity contribution in [3.63, 3.8) is 0 Å². The number of benzene rings is 4. The van der Waals surface area contributed by atoms with Crippen LogP contribution in [0.4, 0.5) is 9.59 Å². The number of nitrogens with one attached hydrogen (secondary N) is 2. The number of carbonyl (C=O) groups excluding carboxylic acids is 3. The fourth-order valence-corrected chi connectivity index (χ4v) is 12.0. The van der Waals surface area contributed by atoms with Crippen LogP contribution in [0.1, 0.15) is 137 Å². The van der Waals surface area contributed by atoms with E-state index in [0.29, 0.717) is 78.9 Å². The van der Waals surface area contributed by atoms with Crippen LogP contribution >= 0.6 is 23.2 Å². The zero-order valence-electron chi connectivity index (χ0n) is 42.5. The number of likely N-dealkylation sites (tertiary alicyclic amines) is 2. The van der Waals surface area contributed by atoms with Crippen molar-refractivity contribution in [2.75, 3.05) is 26.2 Å². The monoisotopic (exact) mass is 1010 g/mol. The van der Waals surface area contributed by atoms with E-state index in [0.717, 1.165) is 72.3 Å². The van der Waals surface area contributed by atoms with Crippen molar-refractivity contribution in [3.05, 3.63) is 128 Å². The summed E-state index contributed by atoms with van der Waals surface area (Å²) in [5, 5.41) is 9.82. The van der Waals surface area contributed by atoms with E-state index in [1.807, 2.05) is 77.9 Å². The Hall–Kier alpha value is -5.53. The molecule has 0 spiro atoms. The molecule has 376 valence electrons. The molecule has 11 nitrogen and oxygen atoms in total. The van der Waals surface area contributed by atoms with Crippen molar-refractivity contribution in [2.24, 2.45) is 0 Å². The minimum Gasteiger partial charge on any atom is -0.443 e. The molecule has 2 N–H and O–H groups in total. The number of halogens is 2. The molecule has 4 aromatic carbocycles. The van der Waals surface area contributed by atoms with E-state index >= 15 is 4.79 Å². The van der Waals surface area contributed by atoms with Gasteiger partial charge in [0.25, 0.3) is 0 Å². The van der Waals surface area contributed by atoms with Crippen LogP contribution in [0, 0.1) is 0 Å². The lowest BCUT2D eigenvalue weighted by Crippen LogP contribution is -2.32. The van der Waals surface area contributed by atoms with E-state index in [4.69, 9.17) is 32.7 Å². The fraction of sp³-hybridized carbons (Fsp3) is 0.407. The van der Waals surface area contributed by atoms with E-state index in [1.165, 1.54) is 38.5 Å². The molecular formula is C59H66Cl2N6O5. The third-order valence-corrected chi connectivity index (χ3v) is 15.5. The van der Waals surface area contributed by atoms with Gasteiger partial charge in [-0.05, 0) is 186 Å². The maximum absolute atomic E-state index is 15.8. The molecule has 2 unspecified atom stereocenters. The topological polar surface area (TPSA) is 110 Å². The number of nitrogens with zero attached hydrogens (tertiary/aromatic N) is 4. The summed E-state index contributed by atoms with van der Waals surface area (Å²) in [7, 11) is 0. The van der Waals surface area contributed by atoms with Crippen molar-refractivity contribution < 1.29 is 23.9 Å². The number of ether oxygens (including phenoxy) is 2. The number of Topliss-reactive ketones (excluding diaryl/α,β-unsaturated/α-hetero) is 1. The van der Waals surface area contributed by atoms with E-state index in [-0.39, 0.29) is 5.78 Å². The molecule has 2 aromatic heterocycles. The summed E-state index contributed by atoms with van der Waals surface area (Å²) in [6.45, 7) is 25.8. The van der Waals surface area contributed by atoms with Gasteiger partial charge in [0.05, 0.1) is 44.6 Å². The second-order valence-corrected chi connectivity index (χ2v) is 22.8. The molecular weight excluding hydrogens is 944 g/mol. The number of carbonyl (C=O) groups is 3. The summed E-state index contributed by atoms with van der Waals surface area (Å²) in [5.41, 5.74) is 8.81. The average Bonchev–Trinajstić information content (AvgIpc) is 4.15. The molecule has 0 aliphatic carbocycles. The van der Waals surface area contributed by atoms with Crippen molar-refractivity contribution in [2.45, 2.75) is 130 Å². The Morgan fingerprint density at radius 3 is 1.35 bits per heavy atom. The van der Waals surface area contributed by atoms with E-state index in [2.05, 4.69) is 57.9 Å². The average molecular weight is 1010 g/mol. The van der Waals surface area contributed by atoms with Gasteiger partial charge in [0.1, 0.15) is 11.2 Å². The Bertz CT molecular complexity index is 2970. The van der Waals surface area contributed by atoms with Crippen LogP contribution in [-0.2, 0) is 40.4 Å². The van der Waals surface area contributed by atoms with Gasteiger partial charge in [-0.1, -0.05) is 73.5 Å². The Kier molecular flexibility index (Phi) is 13.7. The van der Waals surface area contributed by atoms with Crippen LogP contribution in [0.5, 0.6) is 0 Å². The summed E-state index contributed by atoms with van der Waals surface area (Å²) in [5.74, 6) is -0.174. The number of rotatable bonds is 10. The first-order valence-corrected chi connectivity index (χ1v) is 26.3. The van der Waals surface area contributed by atoms with Crippen LogP contribution in [0.15, 0.2) is 73.8 Å². The van der Waals surface area contributed by atoms with E-state index < -0.39 is 35.5 Å². The number of hydrogen-bond donors (Lipinski definition) is 2. The van der Waals surface area contributed by atoms with E-state index in [9.17, 15) is 9.59 Å². The van der Waals surface area contributed by atoms with Crippen LogP contribution in [0.3, 0.4) is 0 Å². The summed E-state index contributed by atoms with van der Waals surface area (Å²) in [4.78, 5) is 49.9. The number of fused-ring (bicyclic) bond motifs is 4. The molecule has 0 bridgehead atoms. The maximum Gasteiger partial charge on any atom is 0.419 e. The standard InChI is InChI=1S/C59H66Cl2N6O5/c1-9-37-27-41(47-29-39-25-35(33-64-21-13-11-14-22-64)17-19-45(39)66(47)56(69)71-58(3,4)5)49-43(51(37)60)31-62-53(49)55(68)54-50-42(28-38(10-2)52(61)44(50)32-63-54)48-30-40-26-36(34-65-23-15-12-16-24-65)18-20-46(40)67(48)57(70)72-59(6,7)8/h9-10,17-20,25-30,53-54,62-63H,1-2,11-16,21-24,31-34H2,3-8H3. The van der Waals surface area contributed by atoms with Crippen molar-refractivity contribution in [3.8, 4) is 22.5 Å². The number of ketones is 1. The van der Waals surface area contributed by atoms with Crippen LogP contribution < -0.4 is 10.6 Å². The zero-order valence-corrected chi connectivity index (χ0v) is 44.0. The molecule has 4 aliphatic heterocycles. The number of piperidine rings is 2. The van der Waals surface area contributed by atoms with Crippen LogP contribution in [0.25, 0.3) is 56.5 Å². The van der Waals surface area contributed by atoms with Gasteiger partial charge in [-0.2, -0.15) is 0 Å². The first-order chi connectivity index (χ1) is 34.4. The lowest BCUT2D eigenvalue weighted by Gasteiger charge is -2.26. The molecule has 2 saturated heterocycles.